The van der Waals surface area contributed by atoms with Gasteiger partial charge in [-0.25, -0.2) is 9.59 Å². The van der Waals surface area contributed by atoms with E-state index in [1.54, 1.807) is 20.8 Å². The lowest BCUT2D eigenvalue weighted by atomic mass is 10.2. The molecule has 0 aliphatic carbocycles. The Kier molecular flexibility index (Phi) is 5.21. The van der Waals surface area contributed by atoms with Crippen molar-refractivity contribution in [1.82, 2.24) is 0 Å². The Morgan fingerprint density at radius 3 is 2.55 bits per heavy atom. The zero-order valence-corrected chi connectivity index (χ0v) is 12.2. The van der Waals surface area contributed by atoms with Crippen LogP contribution in [0.1, 0.15) is 20.8 Å². The summed E-state index contributed by atoms with van der Waals surface area (Å²) in [6.45, 7) is 4.73. The van der Waals surface area contributed by atoms with E-state index in [-0.39, 0.29) is 11.4 Å². The standard InChI is InChI=1S/C13H16ClNO5/c1-13(2,3)20-12(18)15-10-6-8(4-5-9(10)14)19-7-11(16)17/h4-6H,7H2,1-3H3,(H,15,18)(H,16,17). The molecule has 0 unspecified atom stereocenters. The van der Waals surface area contributed by atoms with Crippen molar-refractivity contribution in [2.75, 3.05) is 11.9 Å². The molecule has 20 heavy (non-hydrogen) atoms. The number of carboxylic acid groups (broad SMARTS) is 1. The highest BCUT2D eigenvalue weighted by Gasteiger charge is 2.17. The topological polar surface area (TPSA) is 84.9 Å². The first-order chi connectivity index (χ1) is 9.17. The fourth-order valence-electron chi connectivity index (χ4n) is 1.25. The Labute approximate surface area is 121 Å². The molecular weight excluding hydrogens is 286 g/mol. The molecule has 2 N–H and O–H groups in total. The van der Waals surface area contributed by atoms with Crippen molar-refractivity contribution >= 4 is 29.4 Å². The molecule has 0 heterocycles. The summed E-state index contributed by atoms with van der Waals surface area (Å²) >= 11 is 5.93. The number of ether oxygens (including phenoxy) is 2. The van der Waals surface area contributed by atoms with Crippen molar-refractivity contribution in [1.29, 1.82) is 0 Å². The zero-order chi connectivity index (χ0) is 15.3. The molecule has 0 aromatic heterocycles. The van der Waals surface area contributed by atoms with Gasteiger partial charge in [0.2, 0.25) is 0 Å². The maximum absolute atomic E-state index is 11.6. The highest BCUT2D eigenvalue weighted by Crippen LogP contribution is 2.27. The molecule has 0 spiro atoms. The van der Waals surface area contributed by atoms with E-state index >= 15 is 0 Å². The molecule has 0 aliphatic heterocycles. The molecule has 1 rings (SSSR count). The average molecular weight is 302 g/mol. The molecule has 0 atom stereocenters. The molecule has 0 saturated carbocycles. The predicted molar refractivity (Wildman–Crippen MR) is 74.4 cm³/mol. The minimum atomic E-state index is -1.10. The molecule has 6 nitrogen and oxygen atoms in total. The van der Waals surface area contributed by atoms with Gasteiger partial charge in [-0.3, -0.25) is 5.32 Å². The van der Waals surface area contributed by atoms with E-state index in [4.69, 9.17) is 26.2 Å². The maximum atomic E-state index is 11.6. The van der Waals surface area contributed by atoms with Crippen LogP contribution in [0.15, 0.2) is 18.2 Å². The number of nitrogens with one attached hydrogen (secondary N) is 1. The van der Waals surface area contributed by atoms with E-state index < -0.39 is 24.3 Å². The SMILES string of the molecule is CC(C)(C)OC(=O)Nc1cc(OCC(=O)O)ccc1Cl. The largest absolute Gasteiger partial charge is 0.482 e. The van der Waals surface area contributed by atoms with Gasteiger partial charge >= 0.3 is 12.1 Å². The zero-order valence-electron chi connectivity index (χ0n) is 11.4. The number of hydrogen-bond donors (Lipinski definition) is 2. The molecule has 110 valence electrons. The molecule has 0 aliphatic rings. The average Bonchev–Trinajstić information content (AvgIpc) is 2.27. The summed E-state index contributed by atoms with van der Waals surface area (Å²) in [5.41, 5.74) is -0.350. The highest BCUT2D eigenvalue weighted by molar-refractivity contribution is 6.33. The van der Waals surface area contributed by atoms with Crippen LogP contribution in [-0.2, 0) is 9.53 Å². The van der Waals surface area contributed by atoms with Crippen molar-refractivity contribution in [3.05, 3.63) is 23.2 Å². The number of hydrogen-bond acceptors (Lipinski definition) is 4. The highest BCUT2D eigenvalue weighted by atomic mass is 35.5. The second kappa shape index (κ2) is 6.47. The van der Waals surface area contributed by atoms with Gasteiger partial charge in [0.1, 0.15) is 11.4 Å². The van der Waals surface area contributed by atoms with Gasteiger partial charge in [0.05, 0.1) is 10.7 Å². The van der Waals surface area contributed by atoms with Gasteiger partial charge in [-0.05, 0) is 32.9 Å². The minimum Gasteiger partial charge on any atom is -0.482 e. The van der Waals surface area contributed by atoms with Crippen LogP contribution in [0.5, 0.6) is 5.75 Å². The number of aliphatic carboxylic acids is 1. The van der Waals surface area contributed by atoms with Crippen molar-refractivity contribution in [2.45, 2.75) is 26.4 Å². The Balaban J connectivity index is 2.76. The number of anilines is 1. The molecule has 0 radical (unpaired) electrons. The number of carbonyl (C=O) groups is 2. The fourth-order valence-corrected chi connectivity index (χ4v) is 1.41. The van der Waals surface area contributed by atoms with E-state index in [9.17, 15) is 9.59 Å². The molecule has 0 saturated heterocycles. The van der Waals surface area contributed by atoms with Crippen LogP contribution in [0.3, 0.4) is 0 Å². The van der Waals surface area contributed by atoms with Crippen molar-refractivity contribution in [3.63, 3.8) is 0 Å². The van der Waals surface area contributed by atoms with Gasteiger partial charge < -0.3 is 14.6 Å². The number of benzene rings is 1. The number of halogens is 1. The van der Waals surface area contributed by atoms with Crippen molar-refractivity contribution < 1.29 is 24.2 Å². The van der Waals surface area contributed by atoms with Gasteiger partial charge in [-0.2, -0.15) is 0 Å². The second-order valence-corrected chi connectivity index (χ2v) is 5.36. The Bertz CT molecular complexity index is 510. The smallest absolute Gasteiger partial charge is 0.412 e. The summed E-state index contributed by atoms with van der Waals surface area (Å²) in [6.07, 6.45) is -0.658. The summed E-state index contributed by atoms with van der Waals surface area (Å²) < 4.78 is 10.1. The van der Waals surface area contributed by atoms with E-state index in [0.29, 0.717) is 5.02 Å². The molecular formula is C13H16ClNO5. The van der Waals surface area contributed by atoms with Crippen LogP contribution in [0.4, 0.5) is 10.5 Å². The van der Waals surface area contributed by atoms with Crippen LogP contribution in [0, 0.1) is 0 Å². The van der Waals surface area contributed by atoms with Crippen LogP contribution in [0.25, 0.3) is 0 Å². The molecule has 1 aromatic rings. The molecule has 7 heteroatoms. The maximum Gasteiger partial charge on any atom is 0.412 e. The lowest BCUT2D eigenvalue weighted by Crippen LogP contribution is -2.27. The van der Waals surface area contributed by atoms with Gasteiger partial charge in [0.15, 0.2) is 6.61 Å². The normalized spacial score (nSPS) is 10.8. The lowest BCUT2D eigenvalue weighted by molar-refractivity contribution is -0.139. The van der Waals surface area contributed by atoms with E-state index in [1.807, 2.05) is 0 Å². The Hall–Kier alpha value is -1.95. The van der Waals surface area contributed by atoms with Crippen molar-refractivity contribution in [2.24, 2.45) is 0 Å². The van der Waals surface area contributed by atoms with E-state index in [2.05, 4.69) is 5.32 Å². The summed E-state index contributed by atoms with van der Waals surface area (Å²) in [5.74, 6) is -0.815. The van der Waals surface area contributed by atoms with Gasteiger partial charge in [0.25, 0.3) is 0 Å². The van der Waals surface area contributed by atoms with Crippen LogP contribution in [-0.4, -0.2) is 29.4 Å². The van der Waals surface area contributed by atoms with Gasteiger partial charge in [0, 0.05) is 6.07 Å². The summed E-state index contributed by atoms with van der Waals surface area (Å²) in [6, 6.07) is 4.42. The number of carbonyl (C=O) groups excluding carboxylic acids is 1. The predicted octanol–water partition coefficient (Wildman–Crippen LogP) is 3.15. The van der Waals surface area contributed by atoms with E-state index in [1.165, 1.54) is 18.2 Å². The number of rotatable bonds is 4. The molecule has 1 aromatic carbocycles. The van der Waals surface area contributed by atoms with Gasteiger partial charge in [-0.1, -0.05) is 11.6 Å². The first kappa shape index (κ1) is 16.1. The third kappa shape index (κ3) is 5.79. The molecule has 0 fully saturated rings. The Morgan fingerprint density at radius 1 is 1.35 bits per heavy atom. The summed E-state index contributed by atoms with van der Waals surface area (Å²) in [5, 5.41) is 11.3. The van der Waals surface area contributed by atoms with Crippen LogP contribution >= 0.6 is 11.6 Å². The first-order valence-corrected chi connectivity index (χ1v) is 6.19. The lowest BCUT2D eigenvalue weighted by Gasteiger charge is -2.20. The summed E-state index contributed by atoms with van der Waals surface area (Å²) in [7, 11) is 0. The van der Waals surface area contributed by atoms with E-state index in [0.717, 1.165) is 0 Å². The number of carboxylic acids is 1. The fraction of sp³-hybridized carbons (Fsp3) is 0.385. The first-order valence-electron chi connectivity index (χ1n) is 5.81. The minimum absolute atomic E-state index is 0.280. The quantitative estimate of drug-likeness (QED) is 0.892. The Morgan fingerprint density at radius 2 is 2.00 bits per heavy atom. The third-order valence-electron chi connectivity index (χ3n) is 1.94. The monoisotopic (exact) mass is 301 g/mol. The van der Waals surface area contributed by atoms with Crippen molar-refractivity contribution in [3.8, 4) is 5.75 Å². The summed E-state index contributed by atoms with van der Waals surface area (Å²) in [4.78, 5) is 22.0. The molecule has 0 bridgehead atoms. The number of amides is 1. The van der Waals surface area contributed by atoms with Gasteiger partial charge in [-0.15, -0.1) is 0 Å². The van der Waals surface area contributed by atoms with Crippen LogP contribution < -0.4 is 10.1 Å². The second-order valence-electron chi connectivity index (χ2n) is 4.95. The van der Waals surface area contributed by atoms with Crippen LogP contribution in [0.2, 0.25) is 5.02 Å². The third-order valence-corrected chi connectivity index (χ3v) is 2.27. The molecule has 1 amide bonds.